The first-order valence-corrected chi connectivity index (χ1v) is 22.4. The van der Waals surface area contributed by atoms with Gasteiger partial charge in [-0.25, -0.2) is 0 Å². The van der Waals surface area contributed by atoms with Gasteiger partial charge in [0.2, 0.25) is 0 Å². The topological polar surface area (TPSA) is 6.48 Å². The van der Waals surface area contributed by atoms with Crippen molar-refractivity contribution in [3.05, 3.63) is 239 Å². The molecule has 0 saturated carbocycles. The maximum Gasteiger partial charge on any atom is 0.0488 e. The Morgan fingerprint density at radius 1 is 0.365 bits per heavy atom. The summed E-state index contributed by atoms with van der Waals surface area (Å²) in [4.78, 5) is 4.92. The first-order chi connectivity index (χ1) is 30.6. The van der Waals surface area contributed by atoms with E-state index in [1.54, 1.807) is 0 Å². The van der Waals surface area contributed by atoms with Crippen LogP contribution >= 0.6 is 0 Å². The van der Waals surface area contributed by atoms with Crippen LogP contribution in [0, 0.1) is 27.7 Å². The molecule has 0 unspecified atom stereocenters. The Morgan fingerprint density at radius 2 is 0.778 bits per heavy atom. The number of aryl methyl sites for hydroxylation is 4. The normalized spacial score (nSPS) is 13.9. The lowest BCUT2D eigenvalue weighted by molar-refractivity contribution is 0.652. The smallest absolute Gasteiger partial charge is 0.0488 e. The Bertz CT molecular complexity index is 2840. The van der Waals surface area contributed by atoms with Gasteiger partial charge in [0.25, 0.3) is 0 Å². The number of benzene rings is 8. The minimum atomic E-state index is -0.0741. The van der Waals surface area contributed by atoms with Gasteiger partial charge >= 0.3 is 0 Å². The summed E-state index contributed by atoms with van der Waals surface area (Å²) in [7, 11) is 0. The van der Waals surface area contributed by atoms with Crippen LogP contribution in [0.15, 0.2) is 200 Å². The van der Waals surface area contributed by atoms with Gasteiger partial charge in [-0.1, -0.05) is 141 Å². The molecule has 0 spiro atoms. The van der Waals surface area contributed by atoms with Gasteiger partial charge < -0.3 is 9.80 Å². The predicted molar refractivity (Wildman–Crippen MR) is 269 cm³/mol. The van der Waals surface area contributed by atoms with E-state index in [4.69, 9.17) is 0 Å². The fourth-order valence-corrected chi connectivity index (χ4v) is 10.2. The summed E-state index contributed by atoms with van der Waals surface area (Å²) in [6.07, 6.45) is 4.52. The zero-order valence-corrected chi connectivity index (χ0v) is 37.3. The van der Waals surface area contributed by atoms with Gasteiger partial charge in [-0.05, 0) is 185 Å². The van der Waals surface area contributed by atoms with Gasteiger partial charge in [-0.15, -0.1) is 0 Å². The number of allylic oxidation sites excluding steroid dienone is 4. The highest BCUT2D eigenvalue weighted by Gasteiger charge is 2.38. The van der Waals surface area contributed by atoms with E-state index in [1.165, 1.54) is 77.9 Å². The van der Waals surface area contributed by atoms with Gasteiger partial charge in [0.15, 0.2) is 0 Å². The van der Waals surface area contributed by atoms with Crippen LogP contribution in [-0.4, -0.2) is 0 Å². The molecule has 0 aromatic heterocycles. The van der Waals surface area contributed by atoms with Crippen LogP contribution in [0.4, 0.5) is 34.1 Å². The summed E-state index contributed by atoms with van der Waals surface area (Å²) in [5.41, 5.74) is 24.8. The van der Waals surface area contributed by atoms with Gasteiger partial charge in [0.1, 0.15) is 0 Å². The fourth-order valence-electron chi connectivity index (χ4n) is 10.2. The number of hydrogen-bond donors (Lipinski definition) is 0. The summed E-state index contributed by atoms with van der Waals surface area (Å²) in [5.74, 6) is 0. The zero-order valence-electron chi connectivity index (χ0n) is 37.3. The number of rotatable bonds is 9. The molecule has 0 bridgehead atoms. The van der Waals surface area contributed by atoms with Crippen LogP contribution in [-0.2, 0) is 5.41 Å². The predicted octanol–water partition coefficient (Wildman–Crippen LogP) is 17.1. The Kier molecular flexibility index (Phi) is 10.3. The molecule has 0 atom stereocenters. The van der Waals surface area contributed by atoms with Gasteiger partial charge in [0, 0.05) is 39.5 Å². The third kappa shape index (κ3) is 7.72. The highest BCUT2D eigenvalue weighted by Crippen LogP contribution is 2.53. The molecular weight excluding hydrogens is 761 g/mol. The van der Waals surface area contributed by atoms with E-state index in [-0.39, 0.29) is 5.41 Å². The first kappa shape index (κ1) is 39.9. The minimum absolute atomic E-state index is 0.0741. The van der Waals surface area contributed by atoms with Crippen molar-refractivity contribution in [1.82, 2.24) is 0 Å². The number of fused-ring (bicyclic) bond motifs is 2. The van der Waals surface area contributed by atoms with Crippen LogP contribution < -0.4 is 9.80 Å². The van der Waals surface area contributed by atoms with Gasteiger partial charge in [0.05, 0.1) is 0 Å². The van der Waals surface area contributed by atoms with Crippen LogP contribution in [0.2, 0.25) is 0 Å². The molecule has 0 saturated heterocycles. The number of hydrogen-bond acceptors (Lipinski definition) is 2. The molecule has 0 N–H and O–H groups in total. The molecule has 0 heterocycles. The van der Waals surface area contributed by atoms with E-state index in [1.807, 2.05) is 0 Å². The van der Waals surface area contributed by atoms with E-state index in [0.29, 0.717) is 0 Å². The van der Waals surface area contributed by atoms with Crippen molar-refractivity contribution in [1.29, 1.82) is 0 Å². The van der Waals surface area contributed by atoms with Crippen molar-refractivity contribution in [2.45, 2.75) is 59.8 Å². The average Bonchev–Trinajstić information content (AvgIpc) is 3.52. The third-order valence-electron chi connectivity index (χ3n) is 13.1. The number of anilines is 6. The van der Waals surface area contributed by atoms with Crippen molar-refractivity contribution in [3.8, 4) is 22.3 Å². The molecule has 10 rings (SSSR count). The third-order valence-corrected chi connectivity index (χ3v) is 13.1. The highest BCUT2D eigenvalue weighted by atomic mass is 15.2. The van der Waals surface area contributed by atoms with Crippen molar-refractivity contribution < 1.29 is 0 Å². The molecule has 2 aliphatic carbocycles. The van der Waals surface area contributed by atoms with Gasteiger partial charge in [-0.2, -0.15) is 0 Å². The summed E-state index contributed by atoms with van der Waals surface area (Å²) in [5, 5.41) is 0. The van der Waals surface area contributed by atoms with E-state index in [2.05, 4.69) is 245 Å². The second-order valence-corrected chi connectivity index (χ2v) is 18.2. The van der Waals surface area contributed by atoms with Gasteiger partial charge in [-0.3, -0.25) is 0 Å². The van der Waals surface area contributed by atoms with E-state index < -0.39 is 0 Å². The summed E-state index contributed by atoms with van der Waals surface area (Å²) in [6, 6.07) is 69.7. The second-order valence-electron chi connectivity index (χ2n) is 18.2. The molecule has 0 amide bonds. The SMILES string of the molecule is Cc1cc(C)cc(N(c2ccc(-c3ccccc3)cc2)c2cc(C3=CC4=C(CC3)c3ccccc3C4(C)C)cc(N(c3ccc(-c4ccccc4)cc3)c3cc(C)cc(C)c3)c2)c1. The molecule has 2 heteroatoms. The van der Waals surface area contributed by atoms with Crippen molar-refractivity contribution in [3.63, 3.8) is 0 Å². The lowest BCUT2D eigenvalue weighted by Gasteiger charge is -2.32. The average molecular weight is 815 g/mol. The van der Waals surface area contributed by atoms with Crippen LogP contribution in [0.3, 0.4) is 0 Å². The summed E-state index contributed by atoms with van der Waals surface area (Å²) >= 11 is 0. The Balaban J connectivity index is 1.20. The molecular formula is C61H54N2. The van der Waals surface area contributed by atoms with Crippen molar-refractivity contribution in [2.24, 2.45) is 0 Å². The van der Waals surface area contributed by atoms with Crippen molar-refractivity contribution in [2.75, 3.05) is 9.80 Å². The Morgan fingerprint density at radius 3 is 1.25 bits per heavy atom. The molecule has 2 nitrogen and oxygen atoms in total. The molecule has 8 aromatic rings. The highest BCUT2D eigenvalue weighted by molar-refractivity contribution is 5.92. The minimum Gasteiger partial charge on any atom is -0.310 e. The second kappa shape index (κ2) is 16.3. The van der Waals surface area contributed by atoms with E-state index >= 15 is 0 Å². The van der Waals surface area contributed by atoms with Crippen LogP contribution in [0.1, 0.15) is 65.6 Å². The lowest BCUT2D eigenvalue weighted by atomic mass is 9.78. The largest absolute Gasteiger partial charge is 0.310 e. The molecule has 308 valence electrons. The maximum atomic E-state index is 2.54. The van der Waals surface area contributed by atoms with Crippen LogP contribution in [0.25, 0.3) is 33.4 Å². The van der Waals surface area contributed by atoms with Crippen LogP contribution in [0.5, 0.6) is 0 Å². The molecule has 0 aliphatic heterocycles. The van der Waals surface area contributed by atoms with E-state index in [0.717, 1.165) is 47.0 Å². The Hall–Kier alpha value is -7.16. The standard InChI is InChI=1S/C61H54N2/c1-41-31-42(2)34-53(33-41)62(51-26-21-47(22-27-51)45-15-9-7-10-16-45)55-37-50(49-25-30-58-57-19-13-14-20-59(57)61(5,6)60(58)39-49)38-56(40-55)63(54-35-43(3)32-44(4)36-54)52-28-23-48(24-29-52)46-17-11-8-12-18-46/h7-24,26-29,31-40H,25,30H2,1-6H3. The molecule has 63 heavy (non-hydrogen) atoms. The Labute approximate surface area is 374 Å². The molecule has 0 fully saturated rings. The quantitative estimate of drug-likeness (QED) is 0.143. The summed E-state index contributed by atoms with van der Waals surface area (Å²) in [6.45, 7) is 13.6. The first-order valence-electron chi connectivity index (χ1n) is 22.4. The zero-order chi connectivity index (χ0) is 43.2. The number of nitrogens with zero attached hydrogens (tertiary/aromatic N) is 2. The monoisotopic (exact) mass is 814 g/mol. The van der Waals surface area contributed by atoms with Crippen molar-refractivity contribution >= 4 is 45.3 Å². The summed E-state index contributed by atoms with van der Waals surface area (Å²) < 4.78 is 0. The van der Waals surface area contributed by atoms with E-state index in [9.17, 15) is 0 Å². The molecule has 2 aliphatic rings. The molecule has 8 aromatic carbocycles. The maximum absolute atomic E-state index is 2.54. The lowest BCUT2D eigenvalue weighted by Crippen LogP contribution is -2.17. The fraction of sp³-hybridized carbons (Fsp3) is 0.148. The molecule has 0 radical (unpaired) electrons.